The fourth-order valence-corrected chi connectivity index (χ4v) is 2.97. The highest BCUT2D eigenvalue weighted by Gasteiger charge is 2.31. The molecule has 19 heavy (non-hydrogen) atoms. The Balaban J connectivity index is 2.50. The number of amides is 1. The van der Waals surface area contributed by atoms with Gasteiger partial charge in [-0.2, -0.15) is 0 Å². The number of rotatable bonds is 5. The highest BCUT2D eigenvalue weighted by atomic mass is 16.5. The first kappa shape index (κ1) is 16.0. The molecule has 0 heterocycles. The van der Waals surface area contributed by atoms with Gasteiger partial charge in [0.15, 0.2) is 0 Å². The van der Waals surface area contributed by atoms with Gasteiger partial charge in [-0.25, -0.2) is 0 Å². The van der Waals surface area contributed by atoms with Gasteiger partial charge in [-0.05, 0) is 38.5 Å². The molecule has 0 aliphatic heterocycles. The van der Waals surface area contributed by atoms with Crippen LogP contribution in [0.4, 0.5) is 0 Å². The molecule has 0 radical (unpaired) electrons. The molecule has 0 aromatic carbocycles. The first-order valence-corrected chi connectivity index (χ1v) is 7.39. The third kappa shape index (κ3) is 3.95. The van der Waals surface area contributed by atoms with Crippen LogP contribution in [0, 0.1) is 11.8 Å². The molecule has 0 spiro atoms. The summed E-state index contributed by atoms with van der Waals surface area (Å²) in [6, 6.07) is 0.286. The van der Waals surface area contributed by atoms with Crippen LogP contribution >= 0.6 is 0 Å². The average molecular weight is 269 g/mol. The van der Waals surface area contributed by atoms with Crippen LogP contribution in [0.1, 0.15) is 52.4 Å². The Bertz CT molecular complexity index is 305. The maximum atomic E-state index is 12.3. The van der Waals surface area contributed by atoms with E-state index in [2.05, 4.69) is 13.8 Å². The monoisotopic (exact) mass is 269 g/mol. The van der Waals surface area contributed by atoms with E-state index in [-0.39, 0.29) is 29.8 Å². The van der Waals surface area contributed by atoms with Gasteiger partial charge in [0.05, 0.1) is 13.0 Å². The SMILES string of the molecule is CCC(CC)C(=O)N(C)C1CCC(C(=O)OC)CC1. The van der Waals surface area contributed by atoms with Crippen LogP contribution in [-0.2, 0) is 14.3 Å². The summed E-state index contributed by atoms with van der Waals surface area (Å²) in [5.41, 5.74) is 0. The first-order valence-electron chi connectivity index (χ1n) is 7.39. The van der Waals surface area contributed by atoms with Crippen LogP contribution in [0.3, 0.4) is 0 Å². The molecule has 0 N–H and O–H groups in total. The molecule has 0 bridgehead atoms. The van der Waals surface area contributed by atoms with Gasteiger partial charge < -0.3 is 9.64 Å². The molecule has 1 saturated carbocycles. The van der Waals surface area contributed by atoms with Gasteiger partial charge in [-0.3, -0.25) is 9.59 Å². The Morgan fingerprint density at radius 3 is 2.11 bits per heavy atom. The van der Waals surface area contributed by atoms with Crippen LogP contribution in [-0.4, -0.2) is 37.0 Å². The number of carbonyl (C=O) groups is 2. The summed E-state index contributed by atoms with van der Waals surface area (Å²) >= 11 is 0. The van der Waals surface area contributed by atoms with Crippen LogP contribution in [0.15, 0.2) is 0 Å². The van der Waals surface area contributed by atoms with E-state index in [9.17, 15) is 9.59 Å². The van der Waals surface area contributed by atoms with E-state index >= 15 is 0 Å². The van der Waals surface area contributed by atoms with Crippen molar-refractivity contribution in [1.29, 1.82) is 0 Å². The molecule has 0 atom stereocenters. The summed E-state index contributed by atoms with van der Waals surface area (Å²) in [6.07, 6.45) is 5.27. The Morgan fingerprint density at radius 1 is 1.16 bits per heavy atom. The lowest BCUT2D eigenvalue weighted by Crippen LogP contribution is -2.43. The number of ether oxygens (including phenoxy) is 1. The predicted octanol–water partition coefficient (Wildman–Crippen LogP) is 2.61. The lowest BCUT2D eigenvalue weighted by atomic mass is 9.85. The maximum Gasteiger partial charge on any atom is 0.308 e. The summed E-state index contributed by atoms with van der Waals surface area (Å²) in [6.45, 7) is 4.13. The largest absolute Gasteiger partial charge is 0.469 e. The Morgan fingerprint density at radius 2 is 1.68 bits per heavy atom. The normalized spacial score (nSPS) is 23.2. The Kier molecular flexibility index (Phi) is 6.32. The molecule has 1 rings (SSSR count). The molecule has 1 aliphatic rings. The first-order chi connectivity index (χ1) is 9.04. The second-order valence-electron chi connectivity index (χ2n) is 5.49. The van der Waals surface area contributed by atoms with Gasteiger partial charge >= 0.3 is 5.97 Å². The van der Waals surface area contributed by atoms with Gasteiger partial charge in [-0.15, -0.1) is 0 Å². The summed E-state index contributed by atoms with van der Waals surface area (Å²) in [7, 11) is 3.35. The second-order valence-corrected chi connectivity index (χ2v) is 5.49. The third-order valence-electron chi connectivity index (χ3n) is 4.46. The van der Waals surface area contributed by atoms with Crippen molar-refractivity contribution in [2.24, 2.45) is 11.8 Å². The highest BCUT2D eigenvalue weighted by Crippen LogP contribution is 2.29. The standard InChI is InChI=1S/C15H27NO3/c1-5-11(6-2)14(17)16(3)13-9-7-12(8-10-13)15(18)19-4/h11-13H,5-10H2,1-4H3. The number of nitrogens with zero attached hydrogens (tertiary/aromatic N) is 1. The maximum absolute atomic E-state index is 12.3. The van der Waals surface area contributed by atoms with Crippen LogP contribution in [0.2, 0.25) is 0 Å². The Labute approximate surface area is 116 Å². The van der Waals surface area contributed by atoms with Gasteiger partial charge in [0.25, 0.3) is 0 Å². The van der Waals surface area contributed by atoms with Crippen molar-refractivity contribution >= 4 is 11.9 Å². The zero-order valence-electron chi connectivity index (χ0n) is 12.6. The topological polar surface area (TPSA) is 46.6 Å². The van der Waals surface area contributed by atoms with Crippen molar-refractivity contribution in [3.8, 4) is 0 Å². The number of methoxy groups -OCH3 is 1. The minimum atomic E-state index is -0.104. The van der Waals surface area contributed by atoms with Crippen LogP contribution < -0.4 is 0 Å². The molecule has 0 aromatic heterocycles. The summed E-state index contributed by atoms with van der Waals surface area (Å²) < 4.78 is 4.79. The zero-order chi connectivity index (χ0) is 14.4. The molecule has 0 aromatic rings. The lowest BCUT2D eigenvalue weighted by Gasteiger charge is -2.35. The number of carbonyl (C=O) groups excluding carboxylic acids is 2. The molecule has 0 saturated heterocycles. The number of hydrogen-bond acceptors (Lipinski definition) is 3. The minimum absolute atomic E-state index is 0.0258. The van der Waals surface area contributed by atoms with E-state index in [0.29, 0.717) is 0 Å². The minimum Gasteiger partial charge on any atom is -0.469 e. The highest BCUT2D eigenvalue weighted by molar-refractivity contribution is 5.79. The quantitative estimate of drug-likeness (QED) is 0.721. The van der Waals surface area contributed by atoms with Crippen LogP contribution in [0.25, 0.3) is 0 Å². The van der Waals surface area contributed by atoms with Crippen LogP contribution in [0.5, 0.6) is 0 Å². The van der Waals surface area contributed by atoms with Crippen molar-refractivity contribution < 1.29 is 14.3 Å². The number of hydrogen-bond donors (Lipinski definition) is 0. The fraction of sp³-hybridized carbons (Fsp3) is 0.867. The van der Waals surface area contributed by atoms with Gasteiger partial charge in [0.2, 0.25) is 5.91 Å². The summed E-state index contributed by atoms with van der Waals surface area (Å²) in [5.74, 6) is 0.320. The molecule has 110 valence electrons. The molecule has 1 fully saturated rings. The van der Waals surface area contributed by atoms with Gasteiger partial charge in [-0.1, -0.05) is 13.8 Å². The van der Waals surface area contributed by atoms with E-state index < -0.39 is 0 Å². The molecule has 4 nitrogen and oxygen atoms in total. The molecule has 1 aliphatic carbocycles. The average Bonchev–Trinajstić information content (AvgIpc) is 2.47. The zero-order valence-corrected chi connectivity index (χ0v) is 12.6. The van der Waals surface area contributed by atoms with Gasteiger partial charge in [0.1, 0.15) is 0 Å². The van der Waals surface area contributed by atoms with E-state index in [1.807, 2.05) is 11.9 Å². The third-order valence-corrected chi connectivity index (χ3v) is 4.46. The van der Waals surface area contributed by atoms with E-state index in [1.54, 1.807) is 0 Å². The smallest absolute Gasteiger partial charge is 0.308 e. The van der Waals surface area contributed by atoms with Crippen molar-refractivity contribution in [2.75, 3.05) is 14.2 Å². The van der Waals surface area contributed by atoms with Crippen molar-refractivity contribution in [1.82, 2.24) is 4.90 Å². The van der Waals surface area contributed by atoms with Crippen molar-refractivity contribution in [3.05, 3.63) is 0 Å². The summed E-state index contributed by atoms with van der Waals surface area (Å²) in [4.78, 5) is 25.7. The van der Waals surface area contributed by atoms with E-state index in [0.717, 1.165) is 38.5 Å². The molecule has 0 unspecified atom stereocenters. The van der Waals surface area contributed by atoms with Crippen molar-refractivity contribution in [2.45, 2.75) is 58.4 Å². The van der Waals surface area contributed by atoms with E-state index in [4.69, 9.17) is 4.74 Å². The molecule has 1 amide bonds. The second kappa shape index (κ2) is 7.51. The lowest BCUT2D eigenvalue weighted by molar-refractivity contribution is -0.147. The fourth-order valence-electron chi connectivity index (χ4n) is 2.97. The number of esters is 1. The summed E-state index contributed by atoms with van der Waals surface area (Å²) in [5, 5.41) is 0. The molecular weight excluding hydrogens is 242 g/mol. The van der Waals surface area contributed by atoms with Crippen molar-refractivity contribution in [3.63, 3.8) is 0 Å². The van der Waals surface area contributed by atoms with E-state index in [1.165, 1.54) is 7.11 Å². The Hall–Kier alpha value is -1.06. The predicted molar refractivity (Wildman–Crippen MR) is 74.6 cm³/mol. The molecular formula is C15H27NO3. The van der Waals surface area contributed by atoms with Gasteiger partial charge in [0, 0.05) is 19.0 Å². The molecule has 4 heteroatoms.